The maximum Gasteiger partial charge on any atom is 0.201 e. The highest BCUT2D eigenvalue weighted by atomic mass is 16.5. The summed E-state index contributed by atoms with van der Waals surface area (Å²) in [5.74, 6) is 1.27. The van der Waals surface area contributed by atoms with Gasteiger partial charge in [-0.3, -0.25) is 4.98 Å². The van der Waals surface area contributed by atoms with E-state index in [4.69, 9.17) is 10.5 Å². The zero-order chi connectivity index (χ0) is 14.1. The number of nitrogens with two attached hydrogens (primary N) is 1. The van der Waals surface area contributed by atoms with Crippen LogP contribution >= 0.6 is 0 Å². The van der Waals surface area contributed by atoms with Gasteiger partial charge in [0, 0.05) is 18.5 Å². The molecule has 0 aliphatic carbocycles. The Morgan fingerprint density at radius 1 is 1.30 bits per heavy atom. The minimum atomic E-state index is 0.497. The van der Waals surface area contributed by atoms with Crippen molar-refractivity contribution in [3.05, 3.63) is 47.8 Å². The molecule has 0 bridgehead atoms. The van der Waals surface area contributed by atoms with Crippen molar-refractivity contribution in [2.75, 3.05) is 12.8 Å². The third-order valence-electron chi connectivity index (χ3n) is 3.46. The second-order valence-electron chi connectivity index (χ2n) is 4.71. The number of methoxy groups -OCH3 is 1. The van der Waals surface area contributed by atoms with Crippen molar-refractivity contribution in [3.8, 4) is 5.75 Å². The number of benzene rings is 1. The third kappa shape index (κ3) is 2.07. The zero-order valence-electron chi connectivity index (χ0n) is 11.5. The summed E-state index contributed by atoms with van der Waals surface area (Å²) in [6.07, 6.45) is 3.66. The topological polar surface area (TPSA) is 66.0 Å². The second-order valence-corrected chi connectivity index (χ2v) is 4.71. The van der Waals surface area contributed by atoms with Gasteiger partial charge in [-0.15, -0.1) is 0 Å². The lowest BCUT2D eigenvalue weighted by Crippen LogP contribution is -2.06. The molecule has 0 unspecified atom stereocenters. The minimum absolute atomic E-state index is 0.497. The summed E-state index contributed by atoms with van der Waals surface area (Å²) in [6, 6.07) is 7.77. The lowest BCUT2D eigenvalue weighted by Gasteiger charge is -2.09. The first kappa shape index (κ1) is 12.5. The summed E-state index contributed by atoms with van der Waals surface area (Å²) < 4.78 is 7.19. The lowest BCUT2D eigenvalue weighted by atomic mass is 10.1. The Balaban J connectivity index is 2.07. The SMILES string of the molecule is COc1ccc2c(c1)nc(N)n2Cc1cnccc1C. The summed E-state index contributed by atoms with van der Waals surface area (Å²) in [5.41, 5.74) is 10.2. The van der Waals surface area contributed by atoms with Gasteiger partial charge in [0.05, 0.1) is 24.7 Å². The first-order valence-electron chi connectivity index (χ1n) is 6.38. The summed E-state index contributed by atoms with van der Waals surface area (Å²) >= 11 is 0. The summed E-state index contributed by atoms with van der Waals surface area (Å²) in [5, 5.41) is 0. The molecule has 0 aliphatic rings. The van der Waals surface area contributed by atoms with Crippen molar-refractivity contribution in [1.82, 2.24) is 14.5 Å². The number of aromatic nitrogens is 3. The van der Waals surface area contributed by atoms with E-state index >= 15 is 0 Å². The van der Waals surface area contributed by atoms with Crippen molar-refractivity contribution in [3.63, 3.8) is 0 Å². The number of pyridine rings is 1. The maximum absolute atomic E-state index is 6.03. The maximum atomic E-state index is 6.03. The van der Waals surface area contributed by atoms with Crippen LogP contribution in [0.15, 0.2) is 36.7 Å². The fraction of sp³-hybridized carbons (Fsp3) is 0.200. The molecule has 20 heavy (non-hydrogen) atoms. The molecule has 2 heterocycles. The van der Waals surface area contributed by atoms with Gasteiger partial charge in [-0.05, 0) is 36.2 Å². The number of hydrogen-bond donors (Lipinski definition) is 1. The second kappa shape index (κ2) is 4.85. The highest BCUT2D eigenvalue weighted by Gasteiger charge is 2.10. The number of rotatable bonds is 3. The molecule has 0 fully saturated rings. The molecule has 2 N–H and O–H groups in total. The van der Waals surface area contributed by atoms with Crippen LogP contribution in [0.3, 0.4) is 0 Å². The summed E-state index contributed by atoms with van der Waals surface area (Å²) in [7, 11) is 1.64. The van der Waals surface area contributed by atoms with Gasteiger partial charge in [-0.25, -0.2) is 4.98 Å². The van der Waals surface area contributed by atoms with Crippen LogP contribution in [-0.2, 0) is 6.54 Å². The van der Waals surface area contributed by atoms with E-state index in [1.54, 1.807) is 13.3 Å². The molecule has 3 rings (SSSR count). The Kier molecular flexibility index (Phi) is 3.02. The number of anilines is 1. The van der Waals surface area contributed by atoms with E-state index in [2.05, 4.69) is 16.9 Å². The first-order valence-corrected chi connectivity index (χ1v) is 6.38. The Morgan fingerprint density at radius 3 is 2.90 bits per heavy atom. The van der Waals surface area contributed by atoms with Crippen molar-refractivity contribution in [1.29, 1.82) is 0 Å². The highest BCUT2D eigenvalue weighted by Crippen LogP contribution is 2.24. The van der Waals surface area contributed by atoms with Crippen LogP contribution in [0.2, 0.25) is 0 Å². The van der Waals surface area contributed by atoms with Gasteiger partial charge >= 0.3 is 0 Å². The number of aryl methyl sites for hydroxylation is 1. The van der Waals surface area contributed by atoms with Crippen LogP contribution in [-0.4, -0.2) is 21.6 Å². The standard InChI is InChI=1S/C15H16N4O/c1-10-5-6-17-8-11(10)9-19-14-4-3-12(20-2)7-13(14)18-15(19)16/h3-8H,9H2,1-2H3,(H2,16,18). The molecule has 0 radical (unpaired) electrons. The number of hydrogen-bond acceptors (Lipinski definition) is 4. The quantitative estimate of drug-likeness (QED) is 0.792. The Bertz CT molecular complexity index is 764. The molecule has 5 nitrogen and oxygen atoms in total. The molecule has 5 heteroatoms. The molecule has 0 aliphatic heterocycles. The number of imidazole rings is 1. The smallest absolute Gasteiger partial charge is 0.201 e. The van der Waals surface area contributed by atoms with Crippen LogP contribution in [0.5, 0.6) is 5.75 Å². The van der Waals surface area contributed by atoms with Crippen molar-refractivity contribution < 1.29 is 4.74 Å². The van der Waals surface area contributed by atoms with Gasteiger partial charge in [0.25, 0.3) is 0 Å². The Morgan fingerprint density at radius 2 is 2.15 bits per heavy atom. The zero-order valence-corrected chi connectivity index (χ0v) is 11.5. The molecule has 0 saturated carbocycles. The average molecular weight is 268 g/mol. The van der Waals surface area contributed by atoms with Crippen LogP contribution in [0.1, 0.15) is 11.1 Å². The predicted molar refractivity (Wildman–Crippen MR) is 78.8 cm³/mol. The fourth-order valence-corrected chi connectivity index (χ4v) is 2.25. The van der Waals surface area contributed by atoms with Crippen molar-refractivity contribution >= 4 is 17.0 Å². The van der Waals surface area contributed by atoms with E-state index in [0.29, 0.717) is 12.5 Å². The van der Waals surface area contributed by atoms with Gasteiger partial charge in [-0.1, -0.05) is 0 Å². The Labute approximate surface area is 117 Å². The van der Waals surface area contributed by atoms with Gasteiger partial charge in [0.2, 0.25) is 5.95 Å². The van der Waals surface area contributed by atoms with E-state index in [9.17, 15) is 0 Å². The normalized spacial score (nSPS) is 10.9. The minimum Gasteiger partial charge on any atom is -0.497 e. The van der Waals surface area contributed by atoms with Gasteiger partial charge in [0.1, 0.15) is 5.75 Å². The van der Waals surface area contributed by atoms with E-state index in [1.165, 1.54) is 5.56 Å². The van der Waals surface area contributed by atoms with E-state index in [1.807, 2.05) is 35.0 Å². The molecule has 0 spiro atoms. The molecule has 2 aromatic heterocycles. The molecular formula is C15H16N4O. The monoisotopic (exact) mass is 268 g/mol. The van der Waals surface area contributed by atoms with E-state index in [0.717, 1.165) is 22.3 Å². The molecule has 0 saturated heterocycles. The number of nitrogen functional groups attached to an aromatic ring is 1. The molecule has 102 valence electrons. The van der Waals surface area contributed by atoms with Crippen LogP contribution < -0.4 is 10.5 Å². The molecule has 0 atom stereocenters. The molecular weight excluding hydrogens is 252 g/mol. The highest BCUT2D eigenvalue weighted by molar-refractivity contribution is 5.80. The van der Waals surface area contributed by atoms with Crippen molar-refractivity contribution in [2.24, 2.45) is 0 Å². The summed E-state index contributed by atoms with van der Waals surface area (Å²) in [6.45, 7) is 2.73. The number of fused-ring (bicyclic) bond motifs is 1. The van der Waals surface area contributed by atoms with Crippen molar-refractivity contribution in [2.45, 2.75) is 13.5 Å². The van der Waals surface area contributed by atoms with Gasteiger partial charge in [-0.2, -0.15) is 0 Å². The first-order chi connectivity index (χ1) is 9.69. The largest absolute Gasteiger partial charge is 0.497 e. The number of nitrogens with zero attached hydrogens (tertiary/aromatic N) is 3. The van der Waals surface area contributed by atoms with Gasteiger partial charge < -0.3 is 15.0 Å². The molecule has 1 aromatic carbocycles. The lowest BCUT2D eigenvalue weighted by molar-refractivity contribution is 0.415. The average Bonchev–Trinajstić information content (AvgIpc) is 2.76. The number of ether oxygens (including phenoxy) is 1. The van der Waals surface area contributed by atoms with Crippen LogP contribution in [0.25, 0.3) is 11.0 Å². The van der Waals surface area contributed by atoms with Crippen LogP contribution in [0.4, 0.5) is 5.95 Å². The van der Waals surface area contributed by atoms with E-state index < -0.39 is 0 Å². The summed E-state index contributed by atoms with van der Waals surface area (Å²) in [4.78, 5) is 8.56. The fourth-order valence-electron chi connectivity index (χ4n) is 2.25. The third-order valence-corrected chi connectivity index (χ3v) is 3.46. The van der Waals surface area contributed by atoms with Crippen LogP contribution in [0, 0.1) is 6.92 Å². The predicted octanol–water partition coefficient (Wildman–Crippen LogP) is 2.38. The molecule has 0 amide bonds. The molecule has 3 aromatic rings. The van der Waals surface area contributed by atoms with E-state index in [-0.39, 0.29) is 0 Å². The van der Waals surface area contributed by atoms with Gasteiger partial charge in [0.15, 0.2) is 0 Å². The Hall–Kier alpha value is -2.56.